The predicted octanol–water partition coefficient (Wildman–Crippen LogP) is 1.90. The number of hydrogen-bond acceptors (Lipinski definition) is 3. The van der Waals surface area contributed by atoms with Gasteiger partial charge in [0, 0.05) is 25.9 Å². The van der Waals surface area contributed by atoms with Crippen molar-refractivity contribution in [3.05, 3.63) is 29.6 Å². The Labute approximate surface area is 91.9 Å². The first-order valence-corrected chi connectivity index (χ1v) is 5.31. The fourth-order valence-corrected chi connectivity index (χ4v) is 1.33. The van der Waals surface area contributed by atoms with E-state index < -0.39 is 0 Å². The first-order valence-electron chi connectivity index (χ1n) is 5.31. The molecule has 0 aromatic carbocycles. The Morgan fingerprint density at radius 3 is 2.80 bits per heavy atom. The van der Waals surface area contributed by atoms with Crippen molar-refractivity contribution >= 4 is 0 Å². The van der Waals surface area contributed by atoms with Crippen molar-refractivity contribution in [2.45, 2.75) is 39.5 Å². The zero-order chi connectivity index (χ0) is 11.3. The quantitative estimate of drug-likeness (QED) is 0.802. The number of aryl methyl sites for hydroxylation is 1. The van der Waals surface area contributed by atoms with E-state index in [-0.39, 0.29) is 6.10 Å². The van der Waals surface area contributed by atoms with Crippen molar-refractivity contribution in [2.75, 3.05) is 7.11 Å². The first-order chi connectivity index (χ1) is 7.15. The summed E-state index contributed by atoms with van der Waals surface area (Å²) in [7, 11) is 1.73. The number of hydrogen-bond donors (Lipinski definition) is 1. The molecule has 0 bridgehead atoms. The monoisotopic (exact) mass is 208 g/mol. The van der Waals surface area contributed by atoms with Gasteiger partial charge in [-0.05, 0) is 32.4 Å². The molecule has 0 spiro atoms. The van der Waals surface area contributed by atoms with E-state index in [1.54, 1.807) is 7.11 Å². The van der Waals surface area contributed by atoms with Gasteiger partial charge in [0.15, 0.2) is 0 Å². The Balaban J connectivity index is 2.47. The molecule has 1 heterocycles. The number of aromatic nitrogens is 1. The van der Waals surface area contributed by atoms with Crippen LogP contribution in [0.1, 0.15) is 25.1 Å². The van der Waals surface area contributed by atoms with Gasteiger partial charge in [-0.2, -0.15) is 0 Å². The summed E-state index contributed by atoms with van der Waals surface area (Å²) in [5, 5.41) is 3.40. The molecule has 0 saturated heterocycles. The third-order valence-electron chi connectivity index (χ3n) is 2.79. The highest BCUT2D eigenvalue weighted by Crippen LogP contribution is 2.04. The number of pyridine rings is 1. The zero-order valence-corrected chi connectivity index (χ0v) is 9.95. The van der Waals surface area contributed by atoms with E-state index in [1.165, 1.54) is 5.56 Å². The van der Waals surface area contributed by atoms with Gasteiger partial charge in [0.1, 0.15) is 0 Å². The van der Waals surface area contributed by atoms with Crippen LogP contribution < -0.4 is 5.32 Å². The van der Waals surface area contributed by atoms with Crippen molar-refractivity contribution in [1.82, 2.24) is 10.3 Å². The Morgan fingerprint density at radius 1 is 1.47 bits per heavy atom. The smallest absolute Gasteiger partial charge is 0.0693 e. The van der Waals surface area contributed by atoms with Gasteiger partial charge in [0.05, 0.1) is 11.8 Å². The van der Waals surface area contributed by atoms with Crippen LogP contribution in [-0.2, 0) is 11.3 Å². The molecule has 1 N–H and O–H groups in total. The van der Waals surface area contributed by atoms with Gasteiger partial charge in [0.25, 0.3) is 0 Å². The summed E-state index contributed by atoms with van der Waals surface area (Å²) in [5.74, 6) is 0. The predicted molar refractivity (Wildman–Crippen MR) is 61.7 cm³/mol. The van der Waals surface area contributed by atoms with E-state index in [4.69, 9.17) is 4.74 Å². The molecule has 0 amide bonds. The average Bonchev–Trinajstić information content (AvgIpc) is 2.26. The topological polar surface area (TPSA) is 34.1 Å². The lowest BCUT2D eigenvalue weighted by Crippen LogP contribution is -2.36. The van der Waals surface area contributed by atoms with Crippen LogP contribution in [0.2, 0.25) is 0 Å². The van der Waals surface area contributed by atoms with Crippen molar-refractivity contribution in [3.8, 4) is 0 Å². The highest BCUT2D eigenvalue weighted by Gasteiger charge is 2.10. The maximum atomic E-state index is 5.25. The number of methoxy groups -OCH3 is 1. The van der Waals surface area contributed by atoms with E-state index >= 15 is 0 Å². The zero-order valence-electron chi connectivity index (χ0n) is 9.95. The van der Waals surface area contributed by atoms with Gasteiger partial charge in [-0.15, -0.1) is 0 Å². The van der Waals surface area contributed by atoms with Gasteiger partial charge in [-0.3, -0.25) is 4.98 Å². The molecule has 0 fully saturated rings. The van der Waals surface area contributed by atoms with Gasteiger partial charge in [0.2, 0.25) is 0 Å². The maximum absolute atomic E-state index is 5.25. The van der Waals surface area contributed by atoms with Crippen molar-refractivity contribution in [2.24, 2.45) is 0 Å². The summed E-state index contributed by atoms with van der Waals surface area (Å²) in [6, 6.07) is 4.37. The summed E-state index contributed by atoms with van der Waals surface area (Å²) in [6.45, 7) is 7.05. The summed E-state index contributed by atoms with van der Waals surface area (Å²) >= 11 is 0. The standard InChI is InChI=1S/C12H20N2O/c1-9-6-5-7-13-12(9)8-14-10(2)11(3)15-4/h5-7,10-11,14H,8H2,1-4H3. The second-order valence-electron chi connectivity index (χ2n) is 3.88. The van der Waals surface area contributed by atoms with Crippen LogP contribution in [0, 0.1) is 6.92 Å². The van der Waals surface area contributed by atoms with Gasteiger partial charge in [-0.25, -0.2) is 0 Å². The van der Waals surface area contributed by atoms with Crippen LogP contribution in [0.5, 0.6) is 0 Å². The number of rotatable bonds is 5. The molecule has 1 aromatic rings. The third-order valence-corrected chi connectivity index (χ3v) is 2.79. The fourth-order valence-electron chi connectivity index (χ4n) is 1.33. The minimum absolute atomic E-state index is 0.217. The summed E-state index contributed by atoms with van der Waals surface area (Å²) in [4.78, 5) is 4.33. The van der Waals surface area contributed by atoms with Crippen LogP contribution in [0.15, 0.2) is 18.3 Å². The van der Waals surface area contributed by atoms with Gasteiger partial charge < -0.3 is 10.1 Å². The molecule has 0 aliphatic heterocycles. The number of nitrogens with one attached hydrogen (secondary N) is 1. The van der Waals surface area contributed by atoms with E-state index in [0.29, 0.717) is 6.04 Å². The van der Waals surface area contributed by atoms with E-state index in [2.05, 4.69) is 37.1 Å². The number of nitrogens with zero attached hydrogens (tertiary/aromatic N) is 1. The van der Waals surface area contributed by atoms with E-state index in [1.807, 2.05) is 12.3 Å². The summed E-state index contributed by atoms with van der Waals surface area (Å²) in [5.41, 5.74) is 2.33. The molecule has 0 aliphatic rings. The highest BCUT2D eigenvalue weighted by atomic mass is 16.5. The van der Waals surface area contributed by atoms with Gasteiger partial charge in [-0.1, -0.05) is 6.07 Å². The molecular formula is C12H20N2O. The van der Waals surface area contributed by atoms with Gasteiger partial charge >= 0.3 is 0 Å². The maximum Gasteiger partial charge on any atom is 0.0693 e. The van der Waals surface area contributed by atoms with E-state index in [0.717, 1.165) is 12.2 Å². The minimum Gasteiger partial charge on any atom is -0.380 e. The number of ether oxygens (including phenoxy) is 1. The van der Waals surface area contributed by atoms with E-state index in [9.17, 15) is 0 Å². The Kier molecular flexibility index (Phi) is 4.72. The molecule has 0 radical (unpaired) electrons. The first kappa shape index (κ1) is 12.1. The molecule has 3 heteroatoms. The third kappa shape index (κ3) is 3.61. The Hall–Kier alpha value is -0.930. The Morgan fingerprint density at radius 2 is 2.20 bits per heavy atom. The molecule has 2 atom stereocenters. The fraction of sp³-hybridized carbons (Fsp3) is 0.583. The Bertz CT molecular complexity index is 301. The molecule has 84 valence electrons. The molecule has 2 unspecified atom stereocenters. The molecule has 3 nitrogen and oxygen atoms in total. The molecule has 1 aromatic heterocycles. The van der Waals surface area contributed by atoms with Crippen molar-refractivity contribution in [3.63, 3.8) is 0 Å². The lowest BCUT2D eigenvalue weighted by Gasteiger charge is -2.20. The summed E-state index contributed by atoms with van der Waals surface area (Å²) in [6.07, 6.45) is 2.04. The van der Waals surface area contributed by atoms with Crippen LogP contribution in [-0.4, -0.2) is 24.2 Å². The summed E-state index contributed by atoms with van der Waals surface area (Å²) < 4.78 is 5.25. The SMILES string of the molecule is COC(C)C(C)NCc1ncccc1C. The van der Waals surface area contributed by atoms with Crippen LogP contribution in [0.25, 0.3) is 0 Å². The van der Waals surface area contributed by atoms with Crippen molar-refractivity contribution in [1.29, 1.82) is 0 Å². The minimum atomic E-state index is 0.217. The lowest BCUT2D eigenvalue weighted by atomic mass is 10.2. The molecule has 0 saturated carbocycles. The molecule has 0 aliphatic carbocycles. The lowest BCUT2D eigenvalue weighted by molar-refractivity contribution is 0.0881. The largest absolute Gasteiger partial charge is 0.380 e. The highest BCUT2D eigenvalue weighted by molar-refractivity contribution is 5.17. The average molecular weight is 208 g/mol. The normalized spacial score (nSPS) is 14.9. The second kappa shape index (κ2) is 5.83. The van der Waals surface area contributed by atoms with Crippen LogP contribution in [0.3, 0.4) is 0 Å². The second-order valence-corrected chi connectivity index (χ2v) is 3.88. The molecular weight excluding hydrogens is 188 g/mol. The molecule has 1 rings (SSSR count). The van der Waals surface area contributed by atoms with Crippen LogP contribution >= 0.6 is 0 Å². The van der Waals surface area contributed by atoms with Crippen molar-refractivity contribution < 1.29 is 4.74 Å². The van der Waals surface area contributed by atoms with Crippen LogP contribution in [0.4, 0.5) is 0 Å². The molecule has 15 heavy (non-hydrogen) atoms.